The van der Waals surface area contributed by atoms with Crippen molar-refractivity contribution in [1.82, 2.24) is 0 Å². The first kappa shape index (κ1) is 33.7. The topological polar surface area (TPSA) is 112 Å². The molecule has 8 nitrogen and oxygen atoms in total. The van der Waals surface area contributed by atoms with Crippen LogP contribution in [-0.4, -0.2) is 60.8 Å². The van der Waals surface area contributed by atoms with Gasteiger partial charge in [-0.2, -0.15) is 0 Å². The van der Waals surface area contributed by atoms with Crippen molar-refractivity contribution in [3.05, 3.63) is 145 Å². The van der Waals surface area contributed by atoms with E-state index in [2.05, 4.69) is 37.4 Å². The molecule has 0 saturated carbocycles. The second-order valence-electron chi connectivity index (χ2n) is 10.5. The largest absolute Gasteiger partial charge is 0.491 e. The summed E-state index contributed by atoms with van der Waals surface area (Å²) in [5, 5.41) is 20.3. The maximum absolute atomic E-state index is 11.3. The molecule has 0 radical (unpaired) electrons. The van der Waals surface area contributed by atoms with Gasteiger partial charge in [-0.05, 0) is 57.6 Å². The molecule has 2 atom stereocenters. The van der Waals surface area contributed by atoms with Crippen LogP contribution in [-0.2, 0) is 24.5 Å². The van der Waals surface area contributed by atoms with E-state index in [1.165, 1.54) is 0 Å². The molecule has 0 heterocycles. The van der Waals surface area contributed by atoms with Gasteiger partial charge in [-0.1, -0.05) is 93.4 Å². The van der Waals surface area contributed by atoms with Crippen molar-refractivity contribution in [2.45, 2.75) is 25.0 Å². The molecule has 4 aromatic rings. The van der Waals surface area contributed by atoms with Gasteiger partial charge in [0, 0.05) is 12.2 Å². The van der Waals surface area contributed by atoms with E-state index in [-0.39, 0.29) is 33.9 Å². The summed E-state index contributed by atoms with van der Waals surface area (Å²) in [6, 6.07) is 32.2. The number of esters is 2. The molecule has 5 rings (SSSR count). The monoisotopic (exact) mass is 622 g/mol. The quantitative estimate of drug-likeness (QED) is 0.121. The minimum absolute atomic E-state index is 0. The number of aliphatic hydroxyl groups excluding tert-OH is 2. The Morgan fingerprint density at radius 1 is 0.609 bits per heavy atom. The van der Waals surface area contributed by atoms with Gasteiger partial charge in [0.1, 0.15) is 50.1 Å². The molecule has 46 heavy (non-hydrogen) atoms. The number of carbonyl (C=O) groups is 2. The van der Waals surface area contributed by atoms with Gasteiger partial charge in [0.05, 0.1) is 5.41 Å². The molecular weight excluding hydrogens is 584 g/mol. The molecule has 0 spiro atoms. The first-order chi connectivity index (χ1) is 21.9. The number of hydrogen-bond donors (Lipinski definition) is 2. The summed E-state index contributed by atoms with van der Waals surface area (Å²) in [5.41, 5.74) is 5.92. The van der Waals surface area contributed by atoms with Crippen LogP contribution >= 0.6 is 0 Å². The molecular formula is C38H38O8. The highest BCUT2D eigenvalue weighted by molar-refractivity contribution is 5.86. The summed E-state index contributed by atoms with van der Waals surface area (Å²) in [6.07, 6.45) is 0.104. The number of hydrogen-bond acceptors (Lipinski definition) is 8. The molecule has 238 valence electrons. The van der Waals surface area contributed by atoms with Crippen LogP contribution in [0.5, 0.6) is 11.5 Å². The van der Waals surface area contributed by atoms with E-state index in [0.717, 1.165) is 45.5 Å². The van der Waals surface area contributed by atoms with Crippen LogP contribution in [0.4, 0.5) is 0 Å². The molecule has 0 saturated heterocycles. The Balaban J connectivity index is 0.00000480. The highest BCUT2D eigenvalue weighted by atomic mass is 16.6. The molecule has 8 heteroatoms. The third kappa shape index (κ3) is 7.04. The van der Waals surface area contributed by atoms with Crippen LogP contribution in [0.25, 0.3) is 11.1 Å². The molecule has 1 aliphatic rings. The van der Waals surface area contributed by atoms with Gasteiger partial charge in [0.15, 0.2) is 0 Å². The summed E-state index contributed by atoms with van der Waals surface area (Å²) in [7, 11) is 0. The average Bonchev–Trinajstić information content (AvgIpc) is 3.39. The minimum Gasteiger partial charge on any atom is -0.491 e. The highest BCUT2D eigenvalue weighted by Crippen LogP contribution is 2.56. The number of aliphatic hydroxyl groups is 2. The summed E-state index contributed by atoms with van der Waals surface area (Å²) in [4.78, 5) is 22.6. The molecule has 0 aliphatic heterocycles. The molecule has 0 amide bonds. The van der Waals surface area contributed by atoms with Gasteiger partial charge < -0.3 is 29.2 Å². The lowest BCUT2D eigenvalue weighted by Gasteiger charge is -2.34. The Bertz CT molecular complexity index is 1530. The van der Waals surface area contributed by atoms with Crippen molar-refractivity contribution in [2.75, 3.05) is 26.4 Å². The van der Waals surface area contributed by atoms with Crippen molar-refractivity contribution < 1.29 is 38.7 Å². The molecule has 2 unspecified atom stereocenters. The van der Waals surface area contributed by atoms with Crippen molar-refractivity contribution >= 4 is 11.9 Å². The van der Waals surface area contributed by atoms with Crippen molar-refractivity contribution in [1.29, 1.82) is 0 Å². The fourth-order valence-electron chi connectivity index (χ4n) is 5.58. The first-order valence-electron chi connectivity index (χ1n) is 14.5. The van der Waals surface area contributed by atoms with E-state index in [9.17, 15) is 19.8 Å². The molecule has 0 bridgehead atoms. The Labute approximate surface area is 269 Å². The third-order valence-corrected chi connectivity index (χ3v) is 7.58. The summed E-state index contributed by atoms with van der Waals surface area (Å²) in [5.74, 6) is -0.0959. The van der Waals surface area contributed by atoms with Crippen LogP contribution in [0.1, 0.15) is 29.7 Å². The van der Waals surface area contributed by atoms with Crippen LogP contribution < -0.4 is 9.47 Å². The fraction of sp³-hybridized carbons (Fsp3) is 0.211. The maximum atomic E-state index is 11.3. The predicted molar refractivity (Wildman–Crippen MR) is 176 cm³/mol. The van der Waals surface area contributed by atoms with Crippen molar-refractivity contribution in [2.24, 2.45) is 0 Å². The van der Waals surface area contributed by atoms with Gasteiger partial charge in [-0.3, -0.25) is 0 Å². The molecule has 4 aromatic carbocycles. The zero-order valence-electron chi connectivity index (χ0n) is 24.6. The second-order valence-corrected chi connectivity index (χ2v) is 10.5. The lowest BCUT2D eigenvalue weighted by atomic mass is 9.68. The van der Waals surface area contributed by atoms with Gasteiger partial charge in [0.25, 0.3) is 0 Å². The minimum atomic E-state index is -0.988. The van der Waals surface area contributed by atoms with Crippen LogP contribution in [0, 0.1) is 0 Å². The normalized spacial score (nSPS) is 13.5. The lowest BCUT2D eigenvalue weighted by Crippen LogP contribution is -2.28. The smallest absolute Gasteiger partial charge is 0.330 e. The number of benzene rings is 4. The zero-order chi connectivity index (χ0) is 31.8. The van der Waals surface area contributed by atoms with Crippen molar-refractivity contribution in [3.63, 3.8) is 0 Å². The van der Waals surface area contributed by atoms with Crippen LogP contribution in [0.15, 0.2) is 122 Å². The van der Waals surface area contributed by atoms with E-state index >= 15 is 0 Å². The van der Waals surface area contributed by atoms with Crippen molar-refractivity contribution in [3.8, 4) is 22.6 Å². The molecule has 1 aliphatic carbocycles. The first-order valence-corrected chi connectivity index (χ1v) is 14.5. The molecule has 2 N–H and O–H groups in total. The van der Waals surface area contributed by atoms with E-state index in [1.807, 2.05) is 72.8 Å². The zero-order valence-corrected chi connectivity index (χ0v) is 24.6. The summed E-state index contributed by atoms with van der Waals surface area (Å²) in [6.45, 7) is 6.20. The Hall–Kier alpha value is -5.18. The third-order valence-electron chi connectivity index (χ3n) is 7.58. The summed E-state index contributed by atoms with van der Waals surface area (Å²) >= 11 is 0. The Kier molecular flexibility index (Phi) is 11.1. The summed E-state index contributed by atoms with van der Waals surface area (Å²) < 4.78 is 21.4. The predicted octanol–water partition coefficient (Wildman–Crippen LogP) is 5.62. The van der Waals surface area contributed by atoms with Gasteiger partial charge in [-0.25, -0.2) is 9.59 Å². The SMILES string of the molecule is C.C=CC(=O)OCC(O)COc1ccc(C2(c3ccc(OCC(O)COC(=O)C=C)cc3)c3ccccc3-c3ccccc32)cc1. The van der Waals surface area contributed by atoms with E-state index in [0.29, 0.717) is 11.5 Å². The number of carbonyl (C=O) groups excluding carboxylic acids is 2. The number of rotatable bonds is 14. The van der Waals surface area contributed by atoms with Gasteiger partial charge in [0.2, 0.25) is 0 Å². The lowest BCUT2D eigenvalue weighted by molar-refractivity contribution is -0.142. The molecule has 0 fully saturated rings. The Morgan fingerprint density at radius 2 is 0.978 bits per heavy atom. The standard InChI is InChI=1S/C37H34O8.CH4/c1-3-35(40)44-23-27(38)21-42-29-17-13-25(14-18-29)37(33-11-7-5-9-31(33)32-10-6-8-12-34(32)37)26-15-19-30(20-16-26)43-22-28(39)24-45-36(41)4-2;/h3-20,27-28,38-39H,1-2,21-24H2;1H4. The Morgan fingerprint density at radius 3 is 1.35 bits per heavy atom. The van der Waals surface area contributed by atoms with E-state index in [4.69, 9.17) is 18.9 Å². The van der Waals surface area contributed by atoms with E-state index in [1.54, 1.807) is 0 Å². The number of fused-ring (bicyclic) bond motifs is 3. The van der Waals surface area contributed by atoms with Gasteiger partial charge in [-0.15, -0.1) is 0 Å². The maximum Gasteiger partial charge on any atom is 0.330 e. The average molecular weight is 623 g/mol. The molecule has 0 aromatic heterocycles. The number of ether oxygens (including phenoxy) is 4. The van der Waals surface area contributed by atoms with Crippen LogP contribution in [0.3, 0.4) is 0 Å². The van der Waals surface area contributed by atoms with Crippen LogP contribution in [0.2, 0.25) is 0 Å². The fourth-order valence-corrected chi connectivity index (χ4v) is 5.58. The van der Waals surface area contributed by atoms with Gasteiger partial charge >= 0.3 is 11.9 Å². The van der Waals surface area contributed by atoms with E-state index < -0.39 is 29.6 Å². The second kappa shape index (κ2) is 15.2. The highest BCUT2D eigenvalue weighted by Gasteiger charge is 2.45.